The van der Waals surface area contributed by atoms with Gasteiger partial charge in [-0.1, -0.05) is 6.07 Å². The molecule has 7 heteroatoms. The second-order valence-corrected chi connectivity index (χ2v) is 3.26. The molecule has 0 bridgehead atoms. The fourth-order valence-electron chi connectivity index (χ4n) is 1.26. The molecule has 0 radical (unpaired) electrons. The minimum absolute atomic E-state index is 0.100. The van der Waals surface area contributed by atoms with Gasteiger partial charge in [-0.25, -0.2) is 14.4 Å². The molecule has 0 aliphatic carbocycles. The van der Waals surface area contributed by atoms with E-state index in [9.17, 15) is 18.0 Å². The van der Waals surface area contributed by atoms with Gasteiger partial charge in [0.05, 0.1) is 5.56 Å². The summed E-state index contributed by atoms with van der Waals surface area (Å²) in [7, 11) is 0. The maximum absolute atomic E-state index is 13.2. The van der Waals surface area contributed by atoms with Gasteiger partial charge in [0.1, 0.15) is 5.82 Å². The summed E-state index contributed by atoms with van der Waals surface area (Å²) in [6, 6.07) is 4.73. The molecular formula is C11H6F3N3O. The highest BCUT2D eigenvalue weighted by molar-refractivity contribution is 6.03. The Morgan fingerprint density at radius 1 is 1.17 bits per heavy atom. The highest BCUT2D eigenvalue weighted by Crippen LogP contribution is 2.11. The Morgan fingerprint density at radius 2 is 1.94 bits per heavy atom. The fraction of sp³-hybridized carbons (Fsp3) is 0. The third-order valence-electron chi connectivity index (χ3n) is 2.05. The number of amides is 1. The Hall–Kier alpha value is -2.44. The molecule has 0 atom stereocenters. The number of aromatic nitrogens is 2. The van der Waals surface area contributed by atoms with Gasteiger partial charge in [0, 0.05) is 6.20 Å². The molecule has 92 valence electrons. The number of pyridine rings is 2. The van der Waals surface area contributed by atoms with Crippen LogP contribution in [0, 0.1) is 17.7 Å². The Bertz CT molecular complexity index is 604. The summed E-state index contributed by atoms with van der Waals surface area (Å²) in [6.45, 7) is 0. The van der Waals surface area contributed by atoms with E-state index in [0.717, 1.165) is 18.3 Å². The van der Waals surface area contributed by atoms with E-state index in [4.69, 9.17) is 0 Å². The number of carbonyl (C=O) groups is 1. The van der Waals surface area contributed by atoms with Crippen LogP contribution >= 0.6 is 0 Å². The van der Waals surface area contributed by atoms with Crippen LogP contribution in [-0.4, -0.2) is 15.9 Å². The lowest BCUT2D eigenvalue weighted by atomic mass is 10.2. The van der Waals surface area contributed by atoms with Crippen molar-refractivity contribution < 1.29 is 18.0 Å². The van der Waals surface area contributed by atoms with Crippen LogP contribution in [0.15, 0.2) is 30.5 Å². The summed E-state index contributed by atoms with van der Waals surface area (Å²) in [5.74, 6) is -4.58. The van der Waals surface area contributed by atoms with Gasteiger partial charge in [-0.2, -0.15) is 8.78 Å². The number of carbonyl (C=O) groups excluding carboxylic acids is 1. The standard InChI is InChI=1S/C11H6F3N3O/c12-7-2-1-3-8(16-7)17-11(18)6-4-5-15-10(14)9(6)13/h1-5H,(H,16,17,18). The van der Waals surface area contributed by atoms with Gasteiger partial charge in [0.2, 0.25) is 11.9 Å². The van der Waals surface area contributed by atoms with Crippen LogP contribution in [0.5, 0.6) is 0 Å². The molecule has 4 nitrogen and oxygen atoms in total. The molecule has 0 saturated heterocycles. The van der Waals surface area contributed by atoms with Crippen molar-refractivity contribution in [3.63, 3.8) is 0 Å². The third-order valence-corrected chi connectivity index (χ3v) is 2.05. The summed E-state index contributed by atoms with van der Waals surface area (Å²) in [6.07, 6.45) is 0.951. The number of anilines is 1. The number of nitrogens with zero attached hydrogens (tertiary/aromatic N) is 2. The SMILES string of the molecule is O=C(Nc1cccc(F)n1)c1ccnc(F)c1F. The van der Waals surface area contributed by atoms with E-state index in [2.05, 4.69) is 15.3 Å². The van der Waals surface area contributed by atoms with Crippen LogP contribution in [-0.2, 0) is 0 Å². The van der Waals surface area contributed by atoms with Crippen LogP contribution in [0.2, 0.25) is 0 Å². The molecule has 0 aromatic carbocycles. The maximum atomic E-state index is 13.2. The van der Waals surface area contributed by atoms with E-state index in [-0.39, 0.29) is 5.82 Å². The van der Waals surface area contributed by atoms with Crippen molar-refractivity contribution in [3.8, 4) is 0 Å². The summed E-state index contributed by atoms with van der Waals surface area (Å²) in [5.41, 5.74) is -0.534. The molecule has 0 unspecified atom stereocenters. The second kappa shape index (κ2) is 4.82. The van der Waals surface area contributed by atoms with Crippen molar-refractivity contribution in [2.24, 2.45) is 0 Å². The van der Waals surface area contributed by atoms with Crippen LogP contribution in [0.3, 0.4) is 0 Å². The van der Waals surface area contributed by atoms with Gasteiger partial charge in [0.15, 0.2) is 5.82 Å². The molecule has 2 aromatic rings. The summed E-state index contributed by atoms with van der Waals surface area (Å²) in [4.78, 5) is 18.0. The highest BCUT2D eigenvalue weighted by Gasteiger charge is 2.16. The third kappa shape index (κ3) is 2.45. The topological polar surface area (TPSA) is 54.9 Å². The number of nitrogens with one attached hydrogen (secondary N) is 1. The first-order valence-corrected chi connectivity index (χ1v) is 4.82. The molecule has 2 rings (SSSR count). The summed E-state index contributed by atoms with van der Waals surface area (Å²) < 4.78 is 38.8. The average Bonchev–Trinajstić information content (AvgIpc) is 2.32. The van der Waals surface area contributed by atoms with Gasteiger partial charge in [-0.15, -0.1) is 0 Å². The fourth-order valence-corrected chi connectivity index (χ4v) is 1.26. The Morgan fingerprint density at radius 3 is 2.67 bits per heavy atom. The predicted octanol–water partition coefficient (Wildman–Crippen LogP) is 2.15. The Kier molecular flexibility index (Phi) is 3.22. The van der Waals surface area contributed by atoms with Crippen LogP contribution < -0.4 is 5.32 Å². The molecule has 0 fully saturated rings. The van der Waals surface area contributed by atoms with Crippen molar-refractivity contribution in [2.45, 2.75) is 0 Å². The van der Waals surface area contributed by atoms with Crippen molar-refractivity contribution >= 4 is 11.7 Å². The van der Waals surface area contributed by atoms with E-state index in [1.807, 2.05) is 0 Å². The van der Waals surface area contributed by atoms with Gasteiger partial charge in [-0.3, -0.25) is 4.79 Å². The van der Waals surface area contributed by atoms with Crippen LogP contribution in [0.25, 0.3) is 0 Å². The zero-order valence-electron chi connectivity index (χ0n) is 8.82. The first-order valence-electron chi connectivity index (χ1n) is 4.82. The molecule has 1 amide bonds. The molecule has 0 saturated carbocycles. The monoisotopic (exact) mass is 253 g/mol. The Balaban J connectivity index is 2.25. The van der Waals surface area contributed by atoms with Crippen molar-refractivity contribution in [2.75, 3.05) is 5.32 Å². The van der Waals surface area contributed by atoms with Crippen molar-refractivity contribution in [1.29, 1.82) is 0 Å². The maximum Gasteiger partial charge on any atom is 0.260 e. The quantitative estimate of drug-likeness (QED) is 0.834. The molecule has 0 aliphatic heterocycles. The van der Waals surface area contributed by atoms with E-state index >= 15 is 0 Å². The average molecular weight is 253 g/mol. The van der Waals surface area contributed by atoms with E-state index in [1.54, 1.807) is 0 Å². The molecule has 2 aromatic heterocycles. The van der Waals surface area contributed by atoms with Gasteiger partial charge in [-0.05, 0) is 18.2 Å². The Labute approximate surface area is 99.5 Å². The number of halogens is 3. The largest absolute Gasteiger partial charge is 0.306 e. The lowest BCUT2D eigenvalue weighted by Crippen LogP contribution is -2.16. The molecule has 2 heterocycles. The van der Waals surface area contributed by atoms with Crippen molar-refractivity contribution in [1.82, 2.24) is 9.97 Å². The minimum atomic E-state index is -1.38. The zero-order valence-corrected chi connectivity index (χ0v) is 8.82. The molecular weight excluding hydrogens is 247 g/mol. The predicted molar refractivity (Wildman–Crippen MR) is 56.3 cm³/mol. The summed E-state index contributed by atoms with van der Waals surface area (Å²) in [5, 5.41) is 2.14. The first kappa shape index (κ1) is 12.0. The number of hydrogen-bond donors (Lipinski definition) is 1. The van der Waals surface area contributed by atoms with Crippen LogP contribution in [0.1, 0.15) is 10.4 Å². The van der Waals surface area contributed by atoms with Crippen molar-refractivity contribution in [3.05, 3.63) is 53.7 Å². The number of hydrogen-bond acceptors (Lipinski definition) is 3. The number of rotatable bonds is 2. The minimum Gasteiger partial charge on any atom is -0.306 e. The first-order chi connectivity index (χ1) is 8.58. The summed E-state index contributed by atoms with van der Waals surface area (Å²) >= 11 is 0. The molecule has 18 heavy (non-hydrogen) atoms. The lowest BCUT2D eigenvalue weighted by Gasteiger charge is -2.05. The van der Waals surface area contributed by atoms with Crippen LogP contribution in [0.4, 0.5) is 19.0 Å². The lowest BCUT2D eigenvalue weighted by molar-refractivity contribution is 0.102. The van der Waals surface area contributed by atoms with E-state index in [0.29, 0.717) is 0 Å². The van der Waals surface area contributed by atoms with E-state index < -0.39 is 29.2 Å². The normalized spacial score (nSPS) is 10.2. The second-order valence-electron chi connectivity index (χ2n) is 3.26. The molecule has 0 spiro atoms. The van der Waals surface area contributed by atoms with Gasteiger partial charge in [0.25, 0.3) is 5.91 Å². The van der Waals surface area contributed by atoms with E-state index in [1.165, 1.54) is 12.1 Å². The van der Waals surface area contributed by atoms with Gasteiger partial charge < -0.3 is 5.32 Å². The molecule has 1 N–H and O–H groups in total. The highest BCUT2D eigenvalue weighted by atomic mass is 19.2. The zero-order chi connectivity index (χ0) is 13.1. The smallest absolute Gasteiger partial charge is 0.260 e. The molecule has 0 aliphatic rings. The van der Waals surface area contributed by atoms with Gasteiger partial charge >= 0.3 is 0 Å².